The topological polar surface area (TPSA) is 89.4 Å². The van der Waals surface area contributed by atoms with Gasteiger partial charge in [0.1, 0.15) is 12.4 Å². The maximum atomic E-state index is 12.6. The van der Waals surface area contributed by atoms with E-state index in [-0.39, 0.29) is 17.2 Å². The van der Waals surface area contributed by atoms with E-state index in [1.807, 2.05) is 30.3 Å². The highest BCUT2D eigenvalue weighted by molar-refractivity contribution is 5.97. The number of phenolic OH excluding ortho intramolecular Hbond substituents is 1. The van der Waals surface area contributed by atoms with Crippen molar-refractivity contribution in [2.24, 2.45) is 5.10 Å². The summed E-state index contributed by atoms with van der Waals surface area (Å²) in [6.07, 6.45) is 1.43. The molecule has 3 aromatic rings. The lowest BCUT2D eigenvalue weighted by atomic mass is 10.2. The SMILES string of the molecule is COc1cc(/C=N/NC(=O)c2ccccc2OCc2ccccc2)cc(OC)c1O. The summed E-state index contributed by atoms with van der Waals surface area (Å²) in [5, 5.41) is 13.9. The van der Waals surface area contributed by atoms with Crippen molar-refractivity contribution >= 4 is 12.1 Å². The Morgan fingerprint density at radius 1 is 0.967 bits per heavy atom. The molecule has 0 radical (unpaired) electrons. The lowest BCUT2D eigenvalue weighted by Gasteiger charge is -2.11. The van der Waals surface area contributed by atoms with E-state index in [9.17, 15) is 9.90 Å². The number of nitrogens with zero attached hydrogens (tertiary/aromatic N) is 1. The quantitative estimate of drug-likeness (QED) is 0.439. The Labute approximate surface area is 174 Å². The first-order valence-electron chi connectivity index (χ1n) is 9.16. The first-order chi connectivity index (χ1) is 14.6. The van der Waals surface area contributed by atoms with Gasteiger partial charge in [0.2, 0.25) is 5.75 Å². The van der Waals surface area contributed by atoms with Gasteiger partial charge in [-0.25, -0.2) is 5.43 Å². The molecule has 1 amide bonds. The van der Waals surface area contributed by atoms with Crippen LogP contribution in [0.15, 0.2) is 71.8 Å². The minimum absolute atomic E-state index is 0.106. The van der Waals surface area contributed by atoms with Crippen LogP contribution in [0.4, 0.5) is 0 Å². The normalized spacial score (nSPS) is 10.6. The van der Waals surface area contributed by atoms with E-state index in [0.29, 0.717) is 23.5 Å². The van der Waals surface area contributed by atoms with E-state index in [1.165, 1.54) is 20.4 Å². The molecule has 0 saturated carbocycles. The van der Waals surface area contributed by atoms with Gasteiger partial charge in [-0.05, 0) is 29.8 Å². The second-order valence-electron chi connectivity index (χ2n) is 6.24. The first-order valence-corrected chi connectivity index (χ1v) is 9.16. The van der Waals surface area contributed by atoms with Crippen molar-refractivity contribution in [2.45, 2.75) is 6.61 Å². The number of benzene rings is 3. The number of methoxy groups -OCH3 is 2. The van der Waals surface area contributed by atoms with Crippen LogP contribution >= 0.6 is 0 Å². The number of carbonyl (C=O) groups excluding carboxylic acids is 1. The number of carbonyl (C=O) groups is 1. The zero-order valence-electron chi connectivity index (χ0n) is 16.7. The second-order valence-corrected chi connectivity index (χ2v) is 6.24. The third-order valence-corrected chi connectivity index (χ3v) is 4.25. The summed E-state index contributed by atoms with van der Waals surface area (Å²) in [4.78, 5) is 12.6. The maximum Gasteiger partial charge on any atom is 0.275 e. The molecule has 0 fully saturated rings. The van der Waals surface area contributed by atoms with Crippen LogP contribution in [0.1, 0.15) is 21.5 Å². The van der Waals surface area contributed by atoms with E-state index < -0.39 is 5.91 Å². The van der Waals surface area contributed by atoms with Gasteiger partial charge in [-0.15, -0.1) is 0 Å². The summed E-state index contributed by atoms with van der Waals surface area (Å²) in [6.45, 7) is 0.349. The Kier molecular flexibility index (Phi) is 6.89. The van der Waals surface area contributed by atoms with Crippen molar-refractivity contribution in [3.05, 3.63) is 83.4 Å². The number of aromatic hydroxyl groups is 1. The van der Waals surface area contributed by atoms with Crippen LogP contribution < -0.4 is 19.6 Å². The van der Waals surface area contributed by atoms with Gasteiger partial charge in [-0.2, -0.15) is 5.10 Å². The van der Waals surface area contributed by atoms with Gasteiger partial charge in [0.15, 0.2) is 11.5 Å². The summed E-state index contributed by atoms with van der Waals surface area (Å²) in [5.41, 5.74) is 4.43. The molecule has 0 heterocycles. The number of amides is 1. The number of ether oxygens (including phenoxy) is 3. The fraction of sp³-hybridized carbons (Fsp3) is 0.130. The molecule has 2 N–H and O–H groups in total. The van der Waals surface area contributed by atoms with Crippen LogP contribution in [0.2, 0.25) is 0 Å². The lowest BCUT2D eigenvalue weighted by Crippen LogP contribution is -2.18. The highest BCUT2D eigenvalue weighted by Crippen LogP contribution is 2.36. The molecule has 0 spiro atoms. The van der Waals surface area contributed by atoms with Crippen molar-refractivity contribution in [1.29, 1.82) is 0 Å². The minimum atomic E-state index is -0.410. The largest absolute Gasteiger partial charge is 0.502 e. The van der Waals surface area contributed by atoms with Crippen molar-refractivity contribution in [3.63, 3.8) is 0 Å². The molecule has 0 aliphatic heterocycles. The summed E-state index contributed by atoms with van der Waals surface area (Å²) < 4.78 is 16.0. The molecule has 154 valence electrons. The van der Waals surface area contributed by atoms with Crippen LogP contribution in [0.5, 0.6) is 23.0 Å². The molecule has 3 rings (SSSR count). The highest BCUT2D eigenvalue weighted by atomic mass is 16.5. The zero-order chi connectivity index (χ0) is 21.3. The van der Waals surface area contributed by atoms with Crippen molar-refractivity contribution in [1.82, 2.24) is 5.43 Å². The first kappa shape index (κ1) is 20.7. The molecule has 0 aromatic heterocycles. The molecule has 0 atom stereocenters. The Morgan fingerprint density at radius 3 is 2.27 bits per heavy atom. The average Bonchev–Trinajstić information content (AvgIpc) is 2.79. The number of hydrogen-bond donors (Lipinski definition) is 2. The number of para-hydroxylation sites is 1. The van der Waals surface area contributed by atoms with Crippen LogP contribution in [0.3, 0.4) is 0 Å². The molecule has 0 aliphatic rings. The summed E-state index contributed by atoms with van der Waals surface area (Å²) in [7, 11) is 2.87. The predicted octanol–water partition coefficient (Wildman–Crippen LogP) is 3.75. The van der Waals surface area contributed by atoms with Crippen LogP contribution in [-0.2, 0) is 6.61 Å². The molecule has 0 saturated heterocycles. The number of rotatable bonds is 8. The van der Waals surface area contributed by atoms with Gasteiger partial charge in [-0.1, -0.05) is 42.5 Å². The predicted molar refractivity (Wildman–Crippen MR) is 113 cm³/mol. The van der Waals surface area contributed by atoms with Gasteiger partial charge >= 0.3 is 0 Å². The van der Waals surface area contributed by atoms with Crippen LogP contribution in [0, 0.1) is 0 Å². The van der Waals surface area contributed by atoms with Gasteiger partial charge < -0.3 is 19.3 Å². The summed E-state index contributed by atoms with van der Waals surface area (Å²) in [5.74, 6) is 0.420. The number of hydrazone groups is 1. The second kappa shape index (κ2) is 9.97. The third kappa shape index (κ3) is 5.08. The Hall–Kier alpha value is -4.00. The molecular formula is C23H22N2O5. The van der Waals surface area contributed by atoms with Gasteiger partial charge in [0, 0.05) is 5.56 Å². The van der Waals surface area contributed by atoms with Crippen LogP contribution in [-0.4, -0.2) is 31.4 Å². The Bertz CT molecular complexity index is 1010. The third-order valence-electron chi connectivity index (χ3n) is 4.25. The lowest BCUT2D eigenvalue weighted by molar-refractivity contribution is 0.0950. The van der Waals surface area contributed by atoms with Gasteiger partial charge in [-0.3, -0.25) is 4.79 Å². The maximum absolute atomic E-state index is 12.6. The molecule has 7 heteroatoms. The zero-order valence-corrected chi connectivity index (χ0v) is 16.7. The molecule has 0 bridgehead atoms. The molecule has 3 aromatic carbocycles. The fourth-order valence-electron chi connectivity index (χ4n) is 2.73. The van der Waals surface area contributed by atoms with E-state index in [1.54, 1.807) is 36.4 Å². The molecule has 30 heavy (non-hydrogen) atoms. The molecular weight excluding hydrogens is 384 g/mol. The summed E-state index contributed by atoms with van der Waals surface area (Å²) in [6, 6.07) is 19.8. The monoisotopic (exact) mass is 406 g/mol. The van der Waals surface area contributed by atoms with E-state index >= 15 is 0 Å². The van der Waals surface area contributed by atoms with Crippen LogP contribution in [0.25, 0.3) is 0 Å². The molecule has 7 nitrogen and oxygen atoms in total. The molecule has 0 aliphatic carbocycles. The average molecular weight is 406 g/mol. The van der Waals surface area contributed by atoms with Crippen molar-refractivity contribution in [2.75, 3.05) is 14.2 Å². The van der Waals surface area contributed by atoms with Gasteiger partial charge in [0.05, 0.1) is 26.0 Å². The number of hydrogen-bond acceptors (Lipinski definition) is 6. The van der Waals surface area contributed by atoms with E-state index in [0.717, 1.165) is 5.56 Å². The number of phenols is 1. The number of nitrogens with one attached hydrogen (secondary N) is 1. The van der Waals surface area contributed by atoms with E-state index in [2.05, 4.69) is 10.5 Å². The molecule has 0 unspecified atom stereocenters. The smallest absolute Gasteiger partial charge is 0.275 e. The van der Waals surface area contributed by atoms with E-state index in [4.69, 9.17) is 14.2 Å². The standard InChI is InChI=1S/C23H22N2O5/c1-28-20-12-17(13-21(29-2)22(20)26)14-24-25-23(27)18-10-6-7-11-19(18)30-15-16-8-4-3-5-9-16/h3-14,26H,15H2,1-2H3,(H,25,27)/b24-14+. The Balaban J connectivity index is 1.69. The minimum Gasteiger partial charge on any atom is -0.502 e. The van der Waals surface area contributed by atoms with Gasteiger partial charge in [0.25, 0.3) is 5.91 Å². The Morgan fingerprint density at radius 2 is 1.60 bits per heavy atom. The van der Waals surface area contributed by atoms with Crippen molar-refractivity contribution < 1.29 is 24.1 Å². The summed E-state index contributed by atoms with van der Waals surface area (Å²) >= 11 is 0. The fourth-order valence-corrected chi connectivity index (χ4v) is 2.73. The van der Waals surface area contributed by atoms with Crippen molar-refractivity contribution in [3.8, 4) is 23.0 Å². The highest BCUT2D eigenvalue weighted by Gasteiger charge is 2.12.